The molecule has 4 rings (SSSR count). The molecule has 0 aliphatic carbocycles. The summed E-state index contributed by atoms with van der Waals surface area (Å²) in [6.07, 6.45) is -2.28. The number of halogens is 3. The van der Waals surface area contributed by atoms with E-state index in [1.54, 1.807) is 14.0 Å². The lowest BCUT2D eigenvalue weighted by atomic mass is 10.0. The van der Waals surface area contributed by atoms with Crippen LogP contribution in [0.4, 0.5) is 13.2 Å². The lowest BCUT2D eigenvalue weighted by Crippen LogP contribution is -2.29. The summed E-state index contributed by atoms with van der Waals surface area (Å²) in [4.78, 5) is 6.69. The van der Waals surface area contributed by atoms with E-state index in [2.05, 4.69) is 15.1 Å². The maximum Gasteiger partial charge on any atom is 0.258 e. The topological polar surface area (TPSA) is 83.9 Å². The molecule has 1 aliphatic heterocycles. The number of alkyl halides is 2. The smallest absolute Gasteiger partial charge is 0.258 e. The van der Waals surface area contributed by atoms with E-state index in [9.17, 15) is 21.6 Å². The minimum atomic E-state index is -4.20. The van der Waals surface area contributed by atoms with Crippen LogP contribution in [0, 0.1) is 12.7 Å². The number of sulfonamides is 1. The molecule has 1 aliphatic rings. The summed E-state index contributed by atoms with van der Waals surface area (Å²) in [6, 6.07) is 2.51. The second-order valence-electron chi connectivity index (χ2n) is 6.57. The SMILES string of the molecule is Cc1cc(F)c2[nH]c(S(=O)(=O)N3C[C@@H](F)[C@H](F)C3)cc2c1-c1ncn(C)n1. The minimum Gasteiger partial charge on any atom is -0.342 e. The van der Waals surface area contributed by atoms with Crippen molar-refractivity contribution in [2.45, 2.75) is 24.3 Å². The molecule has 0 spiro atoms. The number of hydrogen-bond donors (Lipinski definition) is 1. The monoisotopic (exact) mass is 399 g/mol. The molecule has 1 N–H and O–H groups in total. The summed E-state index contributed by atoms with van der Waals surface area (Å²) < 4.78 is 69.0. The van der Waals surface area contributed by atoms with Gasteiger partial charge in [0.1, 0.15) is 29.5 Å². The predicted molar refractivity (Wildman–Crippen MR) is 91.5 cm³/mol. The fourth-order valence-corrected chi connectivity index (χ4v) is 4.73. The molecule has 0 saturated carbocycles. The van der Waals surface area contributed by atoms with Crippen molar-refractivity contribution < 1.29 is 21.6 Å². The van der Waals surface area contributed by atoms with Gasteiger partial charge in [0.2, 0.25) is 0 Å². The Labute approximate surface area is 152 Å². The molecule has 2 atom stereocenters. The zero-order chi connectivity index (χ0) is 19.5. The van der Waals surface area contributed by atoms with Gasteiger partial charge in [-0.2, -0.15) is 9.40 Å². The van der Waals surface area contributed by atoms with Gasteiger partial charge in [-0.05, 0) is 24.6 Å². The molecule has 144 valence electrons. The molecular formula is C16H16F3N5O2S. The van der Waals surface area contributed by atoms with Crippen LogP contribution in [-0.4, -0.2) is 57.9 Å². The minimum absolute atomic E-state index is 0.0329. The second kappa shape index (κ2) is 6.06. The third kappa shape index (κ3) is 2.81. The third-order valence-corrected chi connectivity index (χ3v) is 6.38. The van der Waals surface area contributed by atoms with E-state index in [1.807, 2.05) is 0 Å². The molecule has 0 amide bonds. The highest BCUT2D eigenvalue weighted by atomic mass is 32.2. The quantitative estimate of drug-likeness (QED) is 0.731. The highest BCUT2D eigenvalue weighted by molar-refractivity contribution is 7.89. The number of benzene rings is 1. The Morgan fingerprint density at radius 3 is 2.48 bits per heavy atom. The second-order valence-corrected chi connectivity index (χ2v) is 8.47. The van der Waals surface area contributed by atoms with Crippen LogP contribution in [0.2, 0.25) is 0 Å². The Hall–Kier alpha value is -2.40. The molecule has 3 aromatic rings. The zero-order valence-electron chi connectivity index (χ0n) is 14.4. The molecule has 1 aromatic carbocycles. The number of fused-ring (bicyclic) bond motifs is 1. The highest BCUT2D eigenvalue weighted by Crippen LogP contribution is 2.34. The van der Waals surface area contributed by atoms with E-state index in [4.69, 9.17) is 0 Å². The maximum absolute atomic E-state index is 14.4. The summed E-state index contributed by atoms with van der Waals surface area (Å²) in [5.41, 5.74) is 0.982. The van der Waals surface area contributed by atoms with Crippen molar-refractivity contribution in [3.63, 3.8) is 0 Å². The van der Waals surface area contributed by atoms with E-state index < -0.39 is 41.3 Å². The summed E-state index contributed by atoms with van der Waals surface area (Å²) >= 11 is 0. The Balaban J connectivity index is 1.89. The van der Waals surface area contributed by atoms with E-state index in [1.165, 1.54) is 23.1 Å². The van der Waals surface area contributed by atoms with E-state index in [-0.39, 0.29) is 15.9 Å². The molecule has 2 aromatic heterocycles. The van der Waals surface area contributed by atoms with Gasteiger partial charge in [0, 0.05) is 31.1 Å². The highest BCUT2D eigenvalue weighted by Gasteiger charge is 2.40. The number of hydrogen-bond acceptors (Lipinski definition) is 4. The predicted octanol–water partition coefficient (Wildman–Crippen LogP) is 2.09. The van der Waals surface area contributed by atoms with Crippen LogP contribution in [0.5, 0.6) is 0 Å². The molecule has 1 saturated heterocycles. The summed E-state index contributed by atoms with van der Waals surface area (Å²) in [6.45, 7) is 0.515. The first-order chi connectivity index (χ1) is 12.7. The lowest BCUT2D eigenvalue weighted by molar-refractivity contribution is 0.217. The maximum atomic E-state index is 14.4. The van der Waals surface area contributed by atoms with Crippen molar-refractivity contribution in [1.82, 2.24) is 24.1 Å². The molecule has 11 heteroatoms. The Morgan fingerprint density at radius 2 is 1.89 bits per heavy atom. The van der Waals surface area contributed by atoms with Crippen molar-refractivity contribution in [3.8, 4) is 11.4 Å². The van der Waals surface area contributed by atoms with Crippen LogP contribution >= 0.6 is 0 Å². The van der Waals surface area contributed by atoms with Crippen molar-refractivity contribution in [2.75, 3.05) is 13.1 Å². The molecule has 0 unspecified atom stereocenters. The average Bonchev–Trinajstić information content (AvgIpc) is 3.28. The molecule has 0 bridgehead atoms. The number of nitrogens with zero attached hydrogens (tertiary/aromatic N) is 4. The van der Waals surface area contributed by atoms with Gasteiger partial charge in [0.25, 0.3) is 10.0 Å². The Kier molecular flexibility index (Phi) is 4.04. The Morgan fingerprint density at radius 1 is 1.22 bits per heavy atom. The van der Waals surface area contributed by atoms with Gasteiger partial charge in [0.05, 0.1) is 5.52 Å². The van der Waals surface area contributed by atoms with Crippen molar-refractivity contribution >= 4 is 20.9 Å². The first-order valence-electron chi connectivity index (χ1n) is 8.14. The largest absolute Gasteiger partial charge is 0.342 e. The zero-order valence-corrected chi connectivity index (χ0v) is 15.3. The van der Waals surface area contributed by atoms with Crippen LogP contribution in [0.3, 0.4) is 0 Å². The number of nitrogens with one attached hydrogen (secondary N) is 1. The van der Waals surface area contributed by atoms with Gasteiger partial charge < -0.3 is 4.98 Å². The third-order valence-electron chi connectivity index (χ3n) is 4.63. The van der Waals surface area contributed by atoms with E-state index in [0.717, 1.165) is 4.31 Å². The van der Waals surface area contributed by atoms with Crippen LogP contribution in [0.1, 0.15) is 5.56 Å². The van der Waals surface area contributed by atoms with Gasteiger partial charge in [-0.1, -0.05) is 0 Å². The van der Waals surface area contributed by atoms with Crippen LogP contribution < -0.4 is 0 Å². The van der Waals surface area contributed by atoms with Crippen LogP contribution in [0.25, 0.3) is 22.3 Å². The number of rotatable bonds is 3. The van der Waals surface area contributed by atoms with Crippen molar-refractivity contribution in [1.29, 1.82) is 0 Å². The van der Waals surface area contributed by atoms with Crippen LogP contribution in [0.15, 0.2) is 23.5 Å². The number of H-pyrrole nitrogens is 1. The van der Waals surface area contributed by atoms with Gasteiger partial charge >= 0.3 is 0 Å². The molecule has 0 radical (unpaired) electrons. The van der Waals surface area contributed by atoms with Crippen molar-refractivity contribution in [2.24, 2.45) is 7.05 Å². The number of aromatic amines is 1. The molecule has 3 heterocycles. The van der Waals surface area contributed by atoms with Crippen molar-refractivity contribution in [3.05, 3.63) is 29.8 Å². The first-order valence-corrected chi connectivity index (χ1v) is 9.58. The van der Waals surface area contributed by atoms with Gasteiger partial charge in [-0.25, -0.2) is 26.6 Å². The molecular weight excluding hydrogens is 383 g/mol. The summed E-state index contributed by atoms with van der Waals surface area (Å²) in [5.74, 6) is -0.325. The summed E-state index contributed by atoms with van der Waals surface area (Å²) in [7, 11) is -2.53. The van der Waals surface area contributed by atoms with E-state index in [0.29, 0.717) is 17.0 Å². The average molecular weight is 399 g/mol. The normalized spacial score (nSPS) is 21.4. The number of aromatic nitrogens is 4. The van der Waals surface area contributed by atoms with Gasteiger partial charge in [-0.3, -0.25) is 4.68 Å². The van der Waals surface area contributed by atoms with E-state index >= 15 is 0 Å². The fourth-order valence-electron chi connectivity index (χ4n) is 3.28. The lowest BCUT2D eigenvalue weighted by Gasteiger charge is -2.13. The first kappa shape index (κ1) is 18.0. The molecule has 7 nitrogen and oxygen atoms in total. The fraction of sp³-hybridized carbons (Fsp3) is 0.375. The molecule has 27 heavy (non-hydrogen) atoms. The number of aryl methyl sites for hydroxylation is 2. The van der Waals surface area contributed by atoms with Crippen LogP contribution in [-0.2, 0) is 17.1 Å². The summed E-state index contributed by atoms with van der Waals surface area (Å²) in [5, 5.41) is 4.15. The van der Waals surface area contributed by atoms with Gasteiger partial charge in [-0.15, -0.1) is 0 Å². The standard InChI is InChI=1S/C16H16F3N5O2S/c1-8-3-10(17)15-9(14(8)16-20-7-23(2)22-16)4-13(21-15)27(25,26)24-5-11(18)12(19)6-24/h3-4,7,11-12,21H,5-6H2,1-2H3/t11-,12-/m1/s1. The molecule has 1 fully saturated rings. The Bertz CT molecular complexity index is 1130. The van der Waals surface area contributed by atoms with Gasteiger partial charge in [0.15, 0.2) is 5.82 Å².